The maximum Gasteiger partial charge on any atom is 0.262 e. The van der Waals surface area contributed by atoms with Gasteiger partial charge in [-0.3, -0.25) is 14.2 Å². The third kappa shape index (κ3) is 4.91. The summed E-state index contributed by atoms with van der Waals surface area (Å²) in [7, 11) is 1.82. The first-order valence-electron chi connectivity index (χ1n) is 10.7. The second-order valence-electron chi connectivity index (χ2n) is 7.63. The van der Waals surface area contributed by atoms with Gasteiger partial charge < -0.3 is 4.90 Å². The van der Waals surface area contributed by atoms with Gasteiger partial charge in [0.15, 0.2) is 5.16 Å². The average molecular weight is 456 g/mol. The highest BCUT2D eigenvalue weighted by molar-refractivity contribution is 7.99. The van der Waals surface area contributed by atoms with Gasteiger partial charge in [0.25, 0.3) is 5.56 Å². The molecule has 1 amide bonds. The lowest BCUT2D eigenvalue weighted by atomic mass is 9.97. The van der Waals surface area contributed by atoms with Gasteiger partial charge in [0, 0.05) is 13.6 Å². The molecular formula is C27H25N3O2S. The van der Waals surface area contributed by atoms with Crippen LogP contribution in [0.5, 0.6) is 0 Å². The monoisotopic (exact) mass is 455 g/mol. The van der Waals surface area contributed by atoms with Crippen molar-refractivity contribution in [1.82, 2.24) is 14.5 Å². The predicted octanol–water partition coefficient (Wildman–Crippen LogP) is 4.92. The molecule has 4 rings (SSSR count). The minimum absolute atomic E-state index is 0.0507. The van der Waals surface area contributed by atoms with Crippen LogP contribution in [0.25, 0.3) is 10.9 Å². The van der Waals surface area contributed by atoms with Gasteiger partial charge in [-0.05, 0) is 23.3 Å². The molecule has 0 aliphatic rings. The highest BCUT2D eigenvalue weighted by Crippen LogP contribution is 2.28. The Kier molecular flexibility index (Phi) is 7.05. The summed E-state index contributed by atoms with van der Waals surface area (Å²) in [6.07, 6.45) is 1.66. The Hall–Kier alpha value is -3.64. The summed E-state index contributed by atoms with van der Waals surface area (Å²) in [6.45, 7) is 4.09. The molecule has 0 aliphatic heterocycles. The number of nitrogens with zero attached hydrogens (tertiary/aromatic N) is 3. The number of hydrogen-bond donors (Lipinski definition) is 0. The molecule has 0 saturated heterocycles. The van der Waals surface area contributed by atoms with Crippen molar-refractivity contribution in [2.45, 2.75) is 17.7 Å². The van der Waals surface area contributed by atoms with Gasteiger partial charge in [-0.25, -0.2) is 4.98 Å². The molecule has 0 saturated carbocycles. The van der Waals surface area contributed by atoms with Gasteiger partial charge in [-0.1, -0.05) is 90.6 Å². The van der Waals surface area contributed by atoms with Crippen LogP contribution in [-0.4, -0.2) is 33.2 Å². The van der Waals surface area contributed by atoms with Gasteiger partial charge in [-0.15, -0.1) is 6.58 Å². The summed E-state index contributed by atoms with van der Waals surface area (Å²) >= 11 is 1.27. The zero-order valence-corrected chi connectivity index (χ0v) is 19.2. The Bertz CT molecular complexity index is 1280. The van der Waals surface area contributed by atoms with Crippen LogP contribution in [-0.2, 0) is 11.3 Å². The number of carbonyl (C=O) groups excluding carboxylic acids is 1. The third-order valence-electron chi connectivity index (χ3n) is 5.47. The molecule has 0 N–H and O–H groups in total. The second-order valence-corrected chi connectivity index (χ2v) is 8.58. The minimum Gasteiger partial charge on any atom is -0.334 e. The summed E-state index contributed by atoms with van der Waals surface area (Å²) in [5.74, 6) is 0.111. The van der Waals surface area contributed by atoms with E-state index in [-0.39, 0.29) is 23.3 Å². The number of allylic oxidation sites excluding steroid dienone is 1. The lowest BCUT2D eigenvalue weighted by Crippen LogP contribution is -2.33. The molecule has 0 fully saturated rings. The molecule has 6 heteroatoms. The van der Waals surface area contributed by atoms with Crippen LogP contribution in [0.3, 0.4) is 0 Å². The highest BCUT2D eigenvalue weighted by atomic mass is 32.2. The number of para-hydroxylation sites is 1. The zero-order valence-electron chi connectivity index (χ0n) is 18.4. The quantitative estimate of drug-likeness (QED) is 0.215. The van der Waals surface area contributed by atoms with E-state index in [1.54, 1.807) is 21.6 Å². The minimum atomic E-state index is -0.208. The number of benzene rings is 3. The molecule has 1 aromatic heterocycles. The van der Waals surface area contributed by atoms with E-state index in [2.05, 4.69) is 11.6 Å². The van der Waals surface area contributed by atoms with E-state index in [4.69, 9.17) is 0 Å². The van der Waals surface area contributed by atoms with E-state index in [1.165, 1.54) is 11.8 Å². The Morgan fingerprint density at radius 2 is 1.58 bits per heavy atom. The molecule has 0 bridgehead atoms. The van der Waals surface area contributed by atoms with Gasteiger partial charge >= 0.3 is 0 Å². The molecule has 0 unspecified atom stereocenters. The molecule has 166 valence electrons. The van der Waals surface area contributed by atoms with Crippen LogP contribution in [0.1, 0.15) is 17.2 Å². The number of fused-ring (bicyclic) bond motifs is 1. The Balaban J connectivity index is 1.61. The smallest absolute Gasteiger partial charge is 0.262 e. The van der Waals surface area contributed by atoms with Crippen molar-refractivity contribution < 1.29 is 4.79 Å². The summed E-state index contributed by atoms with van der Waals surface area (Å²) in [6, 6.07) is 27.0. The van der Waals surface area contributed by atoms with Crippen LogP contribution >= 0.6 is 11.8 Å². The van der Waals surface area contributed by atoms with E-state index in [9.17, 15) is 9.59 Å². The molecule has 3 aromatic carbocycles. The number of rotatable bonds is 8. The van der Waals surface area contributed by atoms with E-state index in [0.29, 0.717) is 22.6 Å². The lowest BCUT2D eigenvalue weighted by molar-refractivity contribution is -0.128. The fourth-order valence-electron chi connectivity index (χ4n) is 3.83. The van der Waals surface area contributed by atoms with Crippen molar-refractivity contribution in [3.63, 3.8) is 0 Å². The maximum atomic E-state index is 13.3. The van der Waals surface area contributed by atoms with Crippen molar-refractivity contribution in [1.29, 1.82) is 0 Å². The first-order chi connectivity index (χ1) is 16.1. The molecular weight excluding hydrogens is 430 g/mol. The lowest BCUT2D eigenvalue weighted by Gasteiger charge is -2.29. The van der Waals surface area contributed by atoms with Gasteiger partial charge in [0.2, 0.25) is 5.91 Å². The van der Waals surface area contributed by atoms with E-state index < -0.39 is 0 Å². The van der Waals surface area contributed by atoms with E-state index in [0.717, 1.165) is 11.1 Å². The van der Waals surface area contributed by atoms with Crippen LogP contribution in [0.2, 0.25) is 0 Å². The van der Waals surface area contributed by atoms with Crippen molar-refractivity contribution in [3.8, 4) is 0 Å². The van der Waals surface area contributed by atoms with E-state index in [1.807, 2.05) is 85.9 Å². The first-order valence-corrected chi connectivity index (χ1v) is 11.7. The number of carbonyl (C=O) groups is 1. The highest BCUT2D eigenvalue weighted by Gasteiger charge is 2.24. The molecule has 1 heterocycles. The second kappa shape index (κ2) is 10.3. The topological polar surface area (TPSA) is 55.2 Å². The molecule has 33 heavy (non-hydrogen) atoms. The molecule has 0 aliphatic carbocycles. The normalized spacial score (nSPS) is 11.0. The van der Waals surface area contributed by atoms with Crippen LogP contribution in [0.4, 0.5) is 0 Å². The third-order valence-corrected chi connectivity index (χ3v) is 6.44. The Labute approximate surface area is 197 Å². The SMILES string of the molecule is C=CCn1c(SCC(=O)N(C)C(c2ccccc2)c2ccccc2)nc2ccccc2c1=O. The number of thioether (sulfide) groups is 1. The number of aromatic nitrogens is 2. The molecule has 0 atom stereocenters. The van der Waals surface area contributed by atoms with E-state index >= 15 is 0 Å². The van der Waals surface area contributed by atoms with Crippen LogP contribution in [0, 0.1) is 0 Å². The molecule has 4 aromatic rings. The zero-order chi connectivity index (χ0) is 23.2. The predicted molar refractivity (Wildman–Crippen MR) is 134 cm³/mol. The van der Waals surface area contributed by atoms with Gasteiger partial charge in [0.1, 0.15) is 0 Å². The fourth-order valence-corrected chi connectivity index (χ4v) is 4.76. The number of amides is 1. The maximum absolute atomic E-state index is 13.3. The van der Waals surface area contributed by atoms with Gasteiger partial charge in [-0.2, -0.15) is 0 Å². The van der Waals surface area contributed by atoms with Crippen LogP contribution in [0.15, 0.2) is 108 Å². The van der Waals surface area contributed by atoms with Crippen molar-refractivity contribution >= 4 is 28.6 Å². The summed E-state index contributed by atoms with van der Waals surface area (Å²) in [5, 5.41) is 1.07. The Morgan fingerprint density at radius 3 is 2.18 bits per heavy atom. The van der Waals surface area contributed by atoms with Crippen molar-refractivity contribution in [3.05, 3.63) is 119 Å². The molecule has 5 nitrogen and oxygen atoms in total. The summed E-state index contributed by atoms with van der Waals surface area (Å²) in [5.41, 5.74) is 2.57. The van der Waals surface area contributed by atoms with Gasteiger partial charge in [0.05, 0.1) is 22.7 Å². The molecule has 0 radical (unpaired) electrons. The summed E-state index contributed by atoms with van der Waals surface area (Å²) in [4.78, 5) is 32.7. The Morgan fingerprint density at radius 1 is 1.00 bits per heavy atom. The average Bonchev–Trinajstić information content (AvgIpc) is 2.86. The fraction of sp³-hybridized carbons (Fsp3) is 0.148. The largest absolute Gasteiger partial charge is 0.334 e. The molecule has 0 spiro atoms. The van der Waals surface area contributed by atoms with Crippen molar-refractivity contribution in [2.75, 3.05) is 12.8 Å². The summed E-state index contributed by atoms with van der Waals surface area (Å²) < 4.78 is 1.57. The standard InChI is InChI=1S/C27H25N3O2S/c1-3-18-30-26(32)22-16-10-11-17-23(22)28-27(30)33-19-24(31)29(2)25(20-12-6-4-7-13-20)21-14-8-5-9-15-21/h3-17,25H,1,18-19H2,2H3. The van der Waals surface area contributed by atoms with Crippen molar-refractivity contribution in [2.24, 2.45) is 0 Å². The first kappa shape index (κ1) is 22.6. The number of hydrogen-bond acceptors (Lipinski definition) is 4. The van der Waals surface area contributed by atoms with Crippen LogP contribution < -0.4 is 5.56 Å².